The van der Waals surface area contributed by atoms with Crippen LogP contribution >= 0.6 is 0 Å². The van der Waals surface area contributed by atoms with Gasteiger partial charge in [-0.15, -0.1) is 0 Å². The third kappa shape index (κ3) is 6.98. The van der Waals surface area contributed by atoms with Crippen LogP contribution in [0.5, 0.6) is 0 Å². The summed E-state index contributed by atoms with van der Waals surface area (Å²) in [5.74, 6) is -52.7. The van der Waals surface area contributed by atoms with Crippen LogP contribution in [-0.4, -0.2) is 78.7 Å². The van der Waals surface area contributed by atoms with Gasteiger partial charge in [0.25, 0.3) is 10.0 Å². The number of ether oxygens (including phenoxy) is 1. The molecular weight excluding hydrogens is 709 g/mol. The van der Waals surface area contributed by atoms with E-state index >= 15 is 0 Å². The Morgan fingerprint density at radius 2 is 1.09 bits per heavy atom. The van der Waals surface area contributed by atoms with Gasteiger partial charge in [-0.05, 0) is 18.4 Å². The van der Waals surface area contributed by atoms with Crippen LogP contribution in [0.25, 0.3) is 0 Å². The number of nitrogens with zero attached hydrogens (tertiary/aromatic N) is 1. The molecule has 23 heteroatoms. The van der Waals surface area contributed by atoms with Gasteiger partial charge in [-0.25, -0.2) is 8.42 Å². The Bertz CT molecular complexity index is 1290. The third-order valence-corrected chi connectivity index (χ3v) is 8.27. The molecule has 1 aromatic rings. The van der Waals surface area contributed by atoms with Crippen molar-refractivity contribution in [1.82, 2.24) is 4.31 Å². The highest BCUT2D eigenvalue weighted by Crippen LogP contribution is 2.64. The second-order valence-electron chi connectivity index (χ2n) is 9.41. The number of sulfonamides is 1. The van der Waals surface area contributed by atoms with Crippen molar-refractivity contribution in [3.05, 3.63) is 35.9 Å². The number of hydrogen-bond donors (Lipinski definition) is 0. The van der Waals surface area contributed by atoms with Gasteiger partial charge in [-0.2, -0.15) is 78.9 Å². The number of esters is 1. The van der Waals surface area contributed by atoms with Gasteiger partial charge < -0.3 is 4.74 Å². The second kappa shape index (κ2) is 13.5. The van der Waals surface area contributed by atoms with Crippen molar-refractivity contribution >= 4 is 16.0 Å². The van der Waals surface area contributed by atoms with E-state index < -0.39 is 86.8 Å². The first-order chi connectivity index (χ1) is 20.4. The van der Waals surface area contributed by atoms with Gasteiger partial charge in [-0.3, -0.25) is 4.79 Å². The molecule has 268 valence electrons. The number of unbranched alkanes of at least 4 members (excludes halogenated alkanes) is 2. The zero-order valence-corrected chi connectivity index (χ0v) is 23.6. The molecule has 0 saturated carbocycles. The topological polar surface area (TPSA) is 63.7 Å². The minimum atomic E-state index is -8.88. The highest BCUT2D eigenvalue weighted by atomic mass is 32.2. The van der Waals surface area contributed by atoms with Crippen molar-refractivity contribution in [1.29, 1.82) is 0 Å². The van der Waals surface area contributed by atoms with Gasteiger partial charge in [0, 0.05) is 19.5 Å². The summed E-state index contributed by atoms with van der Waals surface area (Å²) in [7, 11) is -7.34. The standard InChI is InChI=1S/C23H22F17NO4S/c1-2-41(12-8-4-7-11-15(42)45-13-14-9-5-3-6-10-14)46(43,44)23(39,40)21(34,35)19(30,31)17(26,27)16(24,25)18(28,29)20(32,33)22(36,37)38/h3,5-6,9-10H,2,4,7-8,11-13H2,1H3. The lowest BCUT2D eigenvalue weighted by molar-refractivity contribution is -0.458. The molecule has 0 radical (unpaired) electrons. The van der Waals surface area contributed by atoms with E-state index in [4.69, 9.17) is 4.74 Å². The van der Waals surface area contributed by atoms with Crippen molar-refractivity contribution in [2.75, 3.05) is 13.1 Å². The van der Waals surface area contributed by atoms with Crippen molar-refractivity contribution in [3.8, 4) is 0 Å². The molecule has 0 heterocycles. The molecule has 0 saturated heterocycles. The minimum absolute atomic E-state index is 0.164. The van der Waals surface area contributed by atoms with E-state index in [-0.39, 0.29) is 25.9 Å². The molecule has 0 spiro atoms. The van der Waals surface area contributed by atoms with Crippen LogP contribution in [0, 0.1) is 0 Å². The zero-order valence-electron chi connectivity index (χ0n) is 22.8. The maximum absolute atomic E-state index is 14.4. The molecule has 1 aromatic carbocycles. The van der Waals surface area contributed by atoms with E-state index in [1.807, 2.05) is 0 Å². The van der Waals surface area contributed by atoms with E-state index in [1.165, 1.54) is 0 Å². The molecular formula is C23H22F17NO4S. The summed E-state index contributed by atoms with van der Waals surface area (Å²) >= 11 is 0. The highest BCUT2D eigenvalue weighted by Gasteiger charge is 2.96. The average Bonchev–Trinajstić information content (AvgIpc) is 2.92. The lowest BCUT2D eigenvalue weighted by atomic mass is 9.91. The Morgan fingerprint density at radius 3 is 1.52 bits per heavy atom. The van der Waals surface area contributed by atoms with Crippen molar-refractivity contribution in [3.63, 3.8) is 0 Å². The summed E-state index contributed by atoms with van der Waals surface area (Å²) in [5, 5.41) is -7.60. The van der Waals surface area contributed by atoms with E-state index in [2.05, 4.69) is 0 Å². The molecule has 0 aliphatic rings. The summed E-state index contributed by atoms with van der Waals surface area (Å²) in [6, 6.07) is 8.09. The van der Waals surface area contributed by atoms with Crippen LogP contribution in [0.3, 0.4) is 0 Å². The molecule has 1 rings (SSSR count). The summed E-state index contributed by atoms with van der Waals surface area (Å²) in [6.07, 6.45) is -9.34. The lowest BCUT2D eigenvalue weighted by Crippen LogP contribution is -2.75. The van der Waals surface area contributed by atoms with Crippen LogP contribution in [-0.2, 0) is 26.2 Å². The molecule has 0 N–H and O–H groups in total. The van der Waals surface area contributed by atoms with Crippen molar-refractivity contribution in [2.45, 2.75) is 86.2 Å². The molecule has 0 bridgehead atoms. The van der Waals surface area contributed by atoms with Crippen molar-refractivity contribution < 1.29 is 92.6 Å². The maximum atomic E-state index is 14.4. The Labute approximate surface area is 248 Å². The van der Waals surface area contributed by atoms with E-state index in [9.17, 15) is 87.8 Å². The van der Waals surface area contributed by atoms with E-state index in [1.54, 1.807) is 30.3 Å². The second-order valence-corrected chi connectivity index (χ2v) is 11.4. The Morgan fingerprint density at radius 1 is 0.652 bits per heavy atom. The molecule has 0 aliphatic heterocycles. The number of hydrogen-bond acceptors (Lipinski definition) is 4. The zero-order chi connectivity index (χ0) is 36.4. The predicted molar refractivity (Wildman–Crippen MR) is 122 cm³/mol. The molecule has 0 atom stereocenters. The SMILES string of the molecule is CCN(CCCCCC(=O)OCc1ccccc1)S(=O)(=O)C(F)(F)C(F)(F)C(F)(F)C(F)(F)C(F)(F)C(F)(F)C(F)(F)C(F)(F)F. The summed E-state index contributed by atoms with van der Waals surface area (Å²) in [4.78, 5) is 11.7. The summed E-state index contributed by atoms with van der Waals surface area (Å²) < 4.78 is 258. The number of benzene rings is 1. The monoisotopic (exact) mass is 731 g/mol. The van der Waals surface area contributed by atoms with Crippen LogP contribution in [0.2, 0.25) is 0 Å². The summed E-state index contributed by atoms with van der Waals surface area (Å²) in [5.41, 5.74) is 0.581. The maximum Gasteiger partial charge on any atom is 0.460 e. The lowest BCUT2D eigenvalue weighted by Gasteiger charge is -2.43. The van der Waals surface area contributed by atoms with Gasteiger partial charge >= 0.3 is 52.9 Å². The quantitative estimate of drug-likeness (QED) is 0.0929. The molecule has 0 fully saturated rings. The summed E-state index contributed by atoms with van der Waals surface area (Å²) in [6.45, 7) is -2.17. The number of carbonyl (C=O) groups excluding carboxylic acids is 1. The fraction of sp³-hybridized carbons (Fsp3) is 0.696. The van der Waals surface area contributed by atoms with E-state index in [0.717, 1.165) is 0 Å². The molecule has 0 unspecified atom stereocenters. The molecule has 0 amide bonds. The van der Waals surface area contributed by atoms with Crippen LogP contribution in [0.15, 0.2) is 30.3 Å². The first kappa shape index (κ1) is 41.4. The first-order valence-corrected chi connectivity index (χ1v) is 13.8. The number of carbonyl (C=O) groups is 1. The normalized spacial score (nSPS) is 14.9. The van der Waals surface area contributed by atoms with Crippen LogP contribution < -0.4 is 0 Å². The Kier molecular flexibility index (Phi) is 12.2. The van der Waals surface area contributed by atoms with Gasteiger partial charge in [0.15, 0.2) is 0 Å². The molecule has 5 nitrogen and oxygen atoms in total. The third-order valence-electron chi connectivity index (χ3n) is 6.24. The Balaban J connectivity index is 3.17. The fourth-order valence-corrected chi connectivity index (χ4v) is 4.95. The molecule has 0 aliphatic carbocycles. The first-order valence-electron chi connectivity index (χ1n) is 12.3. The average molecular weight is 731 g/mol. The highest BCUT2D eigenvalue weighted by molar-refractivity contribution is 7.90. The largest absolute Gasteiger partial charge is 0.461 e. The van der Waals surface area contributed by atoms with Gasteiger partial charge in [0.2, 0.25) is 0 Å². The van der Waals surface area contributed by atoms with E-state index in [0.29, 0.717) is 12.5 Å². The number of alkyl halides is 17. The minimum Gasteiger partial charge on any atom is -0.461 e. The van der Waals surface area contributed by atoms with Gasteiger partial charge in [0.1, 0.15) is 6.61 Å². The number of rotatable bonds is 17. The molecule has 0 aromatic heterocycles. The number of halogens is 17. The van der Waals surface area contributed by atoms with Crippen LogP contribution in [0.1, 0.15) is 38.2 Å². The van der Waals surface area contributed by atoms with Crippen LogP contribution in [0.4, 0.5) is 74.6 Å². The smallest absolute Gasteiger partial charge is 0.460 e. The van der Waals surface area contributed by atoms with Crippen molar-refractivity contribution in [2.24, 2.45) is 0 Å². The Hall–Kier alpha value is -2.59. The predicted octanol–water partition coefficient (Wildman–Crippen LogP) is 7.91. The molecule has 46 heavy (non-hydrogen) atoms. The fourth-order valence-electron chi connectivity index (χ4n) is 3.47. The van der Waals surface area contributed by atoms with Gasteiger partial charge in [-0.1, -0.05) is 43.7 Å². The van der Waals surface area contributed by atoms with Gasteiger partial charge in [0.05, 0.1) is 0 Å².